The predicted octanol–water partition coefficient (Wildman–Crippen LogP) is 4.12. The number of anilines is 1. The van der Waals surface area contributed by atoms with Crippen molar-refractivity contribution in [3.8, 4) is 0 Å². The van der Waals surface area contributed by atoms with E-state index >= 15 is 0 Å². The summed E-state index contributed by atoms with van der Waals surface area (Å²) in [7, 11) is 0. The molecule has 0 spiro atoms. The molecule has 1 N–H and O–H groups in total. The Kier molecular flexibility index (Phi) is 6.36. The number of aryl methyl sites for hydroxylation is 1. The van der Waals surface area contributed by atoms with E-state index in [1.165, 1.54) is 4.88 Å². The molecule has 1 aliphatic rings. The quantitative estimate of drug-likeness (QED) is 0.823. The normalized spacial score (nSPS) is 16.1. The molecule has 1 saturated heterocycles. The van der Waals surface area contributed by atoms with Crippen LogP contribution in [-0.4, -0.2) is 48.4 Å². The van der Waals surface area contributed by atoms with Crippen molar-refractivity contribution >= 4 is 46.1 Å². The van der Waals surface area contributed by atoms with Crippen LogP contribution < -0.4 is 5.32 Å². The van der Waals surface area contributed by atoms with Gasteiger partial charge in [0.05, 0.1) is 10.9 Å². The summed E-state index contributed by atoms with van der Waals surface area (Å²) in [5, 5.41) is 3.65. The lowest BCUT2D eigenvalue weighted by Gasteiger charge is -2.34. The van der Waals surface area contributed by atoms with Gasteiger partial charge >= 0.3 is 0 Å². The molecule has 25 heavy (non-hydrogen) atoms. The van der Waals surface area contributed by atoms with Gasteiger partial charge in [-0.3, -0.25) is 14.6 Å². The van der Waals surface area contributed by atoms with Crippen molar-refractivity contribution in [2.24, 2.45) is 0 Å². The minimum atomic E-state index is 0.0175. The number of nitrogens with one attached hydrogen (secondary N) is 1. The largest absolute Gasteiger partial charge is 0.325 e. The molecule has 1 aliphatic heterocycles. The molecule has 1 amide bonds. The fourth-order valence-electron chi connectivity index (χ4n) is 2.92. The molecule has 0 bridgehead atoms. The van der Waals surface area contributed by atoms with Crippen LogP contribution in [0.1, 0.15) is 10.4 Å². The lowest BCUT2D eigenvalue weighted by molar-refractivity contribution is -0.117. The number of hydrogen-bond acceptors (Lipinski definition) is 4. The van der Waals surface area contributed by atoms with Crippen molar-refractivity contribution in [2.45, 2.75) is 13.5 Å². The minimum Gasteiger partial charge on any atom is -0.325 e. The average molecular weight is 398 g/mol. The van der Waals surface area contributed by atoms with Gasteiger partial charge in [-0.2, -0.15) is 0 Å². The highest BCUT2D eigenvalue weighted by atomic mass is 35.5. The van der Waals surface area contributed by atoms with Gasteiger partial charge in [0.2, 0.25) is 5.91 Å². The molecule has 134 valence electrons. The molecule has 7 heteroatoms. The molecule has 4 nitrogen and oxygen atoms in total. The van der Waals surface area contributed by atoms with E-state index in [1.54, 1.807) is 17.4 Å². The molecule has 0 radical (unpaired) electrons. The van der Waals surface area contributed by atoms with E-state index in [2.05, 4.69) is 21.2 Å². The third-order valence-electron chi connectivity index (χ3n) is 4.30. The summed E-state index contributed by atoms with van der Waals surface area (Å²) in [5.74, 6) is 0.0175. The second kappa shape index (κ2) is 8.52. The maximum atomic E-state index is 12.3. The van der Waals surface area contributed by atoms with Crippen LogP contribution >= 0.6 is 34.5 Å². The van der Waals surface area contributed by atoms with Crippen molar-refractivity contribution in [1.82, 2.24) is 9.80 Å². The Bertz CT molecular complexity index is 742. The molecular formula is C18H21Cl2N3OS. The molecule has 0 saturated carbocycles. The first-order valence-electron chi connectivity index (χ1n) is 8.24. The van der Waals surface area contributed by atoms with Crippen molar-refractivity contribution in [3.05, 3.63) is 50.1 Å². The Hall–Kier alpha value is -1.11. The Balaban J connectivity index is 1.44. The van der Waals surface area contributed by atoms with Gasteiger partial charge in [-0.15, -0.1) is 11.3 Å². The third kappa shape index (κ3) is 5.43. The van der Waals surface area contributed by atoms with Crippen molar-refractivity contribution < 1.29 is 4.79 Å². The Labute approximate surface area is 162 Å². The molecule has 2 aromatic rings. The first kappa shape index (κ1) is 18.7. The van der Waals surface area contributed by atoms with Gasteiger partial charge in [0, 0.05) is 48.3 Å². The summed E-state index contributed by atoms with van der Waals surface area (Å²) in [6.07, 6.45) is 0. The summed E-state index contributed by atoms with van der Waals surface area (Å²) < 4.78 is 0.836. The highest BCUT2D eigenvalue weighted by Gasteiger charge is 2.19. The van der Waals surface area contributed by atoms with Crippen LogP contribution in [-0.2, 0) is 11.3 Å². The van der Waals surface area contributed by atoms with E-state index in [0.717, 1.165) is 48.3 Å². The van der Waals surface area contributed by atoms with Crippen LogP contribution in [0.3, 0.4) is 0 Å². The highest BCUT2D eigenvalue weighted by molar-refractivity contribution is 7.16. The number of amides is 1. The fraction of sp³-hybridized carbons (Fsp3) is 0.389. The van der Waals surface area contributed by atoms with Gasteiger partial charge in [-0.25, -0.2) is 0 Å². The standard InChI is InChI=1S/C18H21Cl2N3OS/c1-13-10-14(19)2-4-16(13)21-18(24)12-23-8-6-22(7-9-23)11-15-3-5-17(20)25-15/h2-5,10H,6-9,11-12H2,1H3,(H,21,24). The summed E-state index contributed by atoms with van der Waals surface area (Å²) in [6.45, 7) is 7.00. The number of hydrogen-bond donors (Lipinski definition) is 1. The van der Waals surface area contributed by atoms with Crippen LogP contribution in [0.2, 0.25) is 9.36 Å². The second-order valence-corrected chi connectivity index (χ2v) is 8.50. The van der Waals surface area contributed by atoms with E-state index in [4.69, 9.17) is 23.2 Å². The Morgan fingerprint density at radius 1 is 1.12 bits per heavy atom. The number of nitrogens with zero attached hydrogens (tertiary/aromatic N) is 2. The smallest absolute Gasteiger partial charge is 0.238 e. The molecule has 1 fully saturated rings. The van der Waals surface area contributed by atoms with Gasteiger partial charge in [0.15, 0.2) is 0 Å². The Morgan fingerprint density at radius 3 is 2.48 bits per heavy atom. The predicted molar refractivity (Wildman–Crippen MR) is 106 cm³/mol. The number of thiophene rings is 1. The first-order chi connectivity index (χ1) is 12.0. The number of carbonyl (C=O) groups excluding carboxylic acids is 1. The zero-order valence-corrected chi connectivity index (χ0v) is 16.4. The lowest BCUT2D eigenvalue weighted by Crippen LogP contribution is -2.48. The molecule has 3 rings (SSSR count). The Morgan fingerprint density at radius 2 is 1.84 bits per heavy atom. The van der Waals surface area contributed by atoms with Crippen LogP contribution in [0.15, 0.2) is 30.3 Å². The van der Waals surface area contributed by atoms with E-state index in [1.807, 2.05) is 25.1 Å². The summed E-state index contributed by atoms with van der Waals surface area (Å²) in [6, 6.07) is 9.52. The van der Waals surface area contributed by atoms with Crippen LogP contribution in [0.4, 0.5) is 5.69 Å². The van der Waals surface area contributed by atoms with Crippen LogP contribution in [0, 0.1) is 6.92 Å². The summed E-state index contributed by atoms with van der Waals surface area (Å²) in [5.41, 5.74) is 1.79. The molecule has 0 unspecified atom stereocenters. The van der Waals surface area contributed by atoms with Crippen molar-refractivity contribution in [3.63, 3.8) is 0 Å². The molecule has 2 heterocycles. The van der Waals surface area contributed by atoms with E-state index in [0.29, 0.717) is 11.6 Å². The van der Waals surface area contributed by atoms with Gasteiger partial charge in [0.1, 0.15) is 0 Å². The zero-order chi connectivity index (χ0) is 17.8. The third-order valence-corrected chi connectivity index (χ3v) is 5.75. The molecule has 1 aromatic carbocycles. The number of halogens is 2. The van der Waals surface area contributed by atoms with Gasteiger partial charge in [-0.05, 0) is 42.8 Å². The number of benzene rings is 1. The minimum absolute atomic E-state index is 0.0175. The number of piperazine rings is 1. The van der Waals surface area contributed by atoms with Gasteiger partial charge in [0.25, 0.3) is 0 Å². The molecule has 1 aromatic heterocycles. The lowest BCUT2D eigenvalue weighted by atomic mass is 10.2. The summed E-state index contributed by atoms with van der Waals surface area (Å²) in [4.78, 5) is 18.2. The topological polar surface area (TPSA) is 35.6 Å². The maximum Gasteiger partial charge on any atom is 0.238 e. The van der Waals surface area contributed by atoms with E-state index in [-0.39, 0.29) is 5.91 Å². The fourth-order valence-corrected chi connectivity index (χ4v) is 4.28. The first-order valence-corrected chi connectivity index (χ1v) is 9.82. The summed E-state index contributed by atoms with van der Waals surface area (Å²) >= 11 is 13.6. The van der Waals surface area contributed by atoms with Crippen LogP contribution in [0.5, 0.6) is 0 Å². The average Bonchev–Trinajstić information content (AvgIpc) is 2.97. The number of carbonyl (C=O) groups is 1. The van der Waals surface area contributed by atoms with E-state index < -0.39 is 0 Å². The van der Waals surface area contributed by atoms with Crippen LogP contribution in [0.25, 0.3) is 0 Å². The van der Waals surface area contributed by atoms with Gasteiger partial charge in [-0.1, -0.05) is 23.2 Å². The van der Waals surface area contributed by atoms with Crippen molar-refractivity contribution in [2.75, 3.05) is 38.0 Å². The molecule has 0 atom stereocenters. The monoisotopic (exact) mass is 397 g/mol. The molecule has 0 aliphatic carbocycles. The number of rotatable bonds is 5. The molecular weight excluding hydrogens is 377 g/mol. The SMILES string of the molecule is Cc1cc(Cl)ccc1NC(=O)CN1CCN(Cc2ccc(Cl)s2)CC1. The highest BCUT2D eigenvalue weighted by Crippen LogP contribution is 2.23. The van der Waals surface area contributed by atoms with E-state index in [9.17, 15) is 4.79 Å². The van der Waals surface area contributed by atoms with Crippen molar-refractivity contribution in [1.29, 1.82) is 0 Å². The maximum absolute atomic E-state index is 12.3. The second-order valence-electron chi connectivity index (χ2n) is 6.27. The van der Waals surface area contributed by atoms with Gasteiger partial charge < -0.3 is 5.32 Å². The zero-order valence-electron chi connectivity index (χ0n) is 14.1.